The fraction of sp³-hybridized carbons (Fsp3) is 0.174. The van der Waals surface area contributed by atoms with E-state index in [4.69, 9.17) is 4.98 Å². The van der Waals surface area contributed by atoms with Gasteiger partial charge in [-0.3, -0.25) is 9.38 Å². The molecular formula is C23H21N7. The molecule has 148 valence electrons. The van der Waals surface area contributed by atoms with Crippen molar-refractivity contribution in [1.29, 1.82) is 0 Å². The van der Waals surface area contributed by atoms with Crippen molar-refractivity contribution in [3.63, 3.8) is 0 Å². The highest BCUT2D eigenvalue weighted by Gasteiger charge is 2.18. The molecule has 30 heavy (non-hydrogen) atoms. The molecule has 0 aliphatic rings. The number of H-pyrrole nitrogens is 1. The molecule has 1 N–H and O–H groups in total. The molecule has 0 radical (unpaired) electrons. The van der Waals surface area contributed by atoms with E-state index in [1.165, 1.54) is 5.56 Å². The van der Waals surface area contributed by atoms with Gasteiger partial charge in [-0.15, -0.1) is 10.2 Å². The smallest absolute Gasteiger partial charge is 0.160 e. The Morgan fingerprint density at radius 2 is 1.90 bits per heavy atom. The Kier molecular flexibility index (Phi) is 4.35. The van der Waals surface area contributed by atoms with Crippen LogP contribution in [0.1, 0.15) is 31.2 Å². The fourth-order valence-corrected chi connectivity index (χ4v) is 3.58. The molecule has 0 atom stereocenters. The maximum Gasteiger partial charge on any atom is 0.160 e. The zero-order valence-electron chi connectivity index (χ0n) is 17.0. The van der Waals surface area contributed by atoms with Gasteiger partial charge in [0.05, 0.1) is 17.6 Å². The minimum Gasteiger partial charge on any atom is -0.336 e. The fourth-order valence-electron chi connectivity index (χ4n) is 3.58. The van der Waals surface area contributed by atoms with Crippen LogP contribution in [0.25, 0.3) is 39.7 Å². The monoisotopic (exact) mass is 395 g/mol. The Labute approximate surface area is 173 Å². The van der Waals surface area contributed by atoms with Crippen molar-refractivity contribution in [3.8, 4) is 34.0 Å². The maximum absolute atomic E-state index is 4.91. The van der Waals surface area contributed by atoms with Gasteiger partial charge in [0.2, 0.25) is 0 Å². The second-order valence-electron chi connectivity index (χ2n) is 7.63. The van der Waals surface area contributed by atoms with Crippen LogP contribution in [0.4, 0.5) is 0 Å². The molecule has 0 aliphatic carbocycles. The summed E-state index contributed by atoms with van der Waals surface area (Å²) in [4.78, 5) is 17.0. The molecule has 4 heterocycles. The van der Waals surface area contributed by atoms with Crippen LogP contribution in [0.5, 0.6) is 0 Å². The van der Waals surface area contributed by atoms with Crippen LogP contribution in [-0.2, 0) is 0 Å². The number of aromatic nitrogens is 7. The van der Waals surface area contributed by atoms with Gasteiger partial charge in [0.25, 0.3) is 0 Å². The number of fused-ring (bicyclic) bond motifs is 1. The summed E-state index contributed by atoms with van der Waals surface area (Å²) >= 11 is 0. The third-order valence-corrected chi connectivity index (χ3v) is 5.03. The van der Waals surface area contributed by atoms with Crippen LogP contribution in [-0.4, -0.2) is 34.5 Å². The third kappa shape index (κ3) is 3.14. The van der Waals surface area contributed by atoms with Gasteiger partial charge in [-0.2, -0.15) is 0 Å². The molecule has 0 amide bonds. The number of pyridine rings is 1. The molecule has 0 fully saturated rings. The van der Waals surface area contributed by atoms with E-state index < -0.39 is 0 Å². The van der Waals surface area contributed by atoms with E-state index in [0.717, 1.165) is 34.0 Å². The Bertz CT molecular complexity index is 1330. The molecule has 1 aromatic carbocycles. The Balaban J connectivity index is 1.73. The number of rotatable bonds is 4. The van der Waals surface area contributed by atoms with Gasteiger partial charge >= 0.3 is 0 Å². The lowest BCUT2D eigenvalue weighted by Crippen LogP contribution is -1.97. The lowest BCUT2D eigenvalue weighted by molar-refractivity contribution is 0.759. The molecule has 5 rings (SSSR count). The zero-order chi connectivity index (χ0) is 20.7. The number of aromatic amines is 1. The highest BCUT2D eigenvalue weighted by atomic mass is 15.2. The molecule has 5 aromatic rings. The second kappa shape index (κ2) is 7.18. The number of nitrogens with one attached hydrogen (secondary N) is 1. The highest BCUT2D eigenvalue weighted by Crippen LogP contribution is 2.33. The van der Waals surface area contributed by atoms with Gasteiger partial charge < -0.3 is 4.98 Å². The molecule has 0 bridgehead atoms. The van der Waals surface area contributed by atoms with Gasteiger partial charge in [0.15, 0.2) is 11.5 Å². The van der Waals surface area contributed by atoms with Gasteiger partial charge in [0, 0.05) is 35.6 Å². The first-order chi connectivity index (χ1) is 14.6. The molecule has 0 spiro atoms. The summed E-state index contributed by atoms with van der Waals surface area (Å²) in [6.45, 7) is 6.31. The number of benzene rings is 1. The van der Waals surface area contributed by atoms with E-state index >= 15 is 0 Å². The normalized spacial score (nSPS) is 11.5. The van der Waals surface area contributed by atoms with Crippen molar-refractivity contribution in [2.75, 3.05) is 0 Å². The summed E-state index contributed by atoms with van der Waals surface area (Å²) < 4.78 is 2.04. The van der Waals surface area contributed by atoms with Crippen molar-refractivity contribution >= 4 is 5.65 Å². The summed E-state index contributed by atoms with van der Waals surface area (Å²) in [6, 6.07) is 12.4. The van der Waals surface area contributed by atoms with Crippen LogP contribution in [0.15, 0.2) is 61.2 Å². The third-order valence-electron chi connectivity index (χ3n) is 5.03. The van der Waals surface area contributed by atoms with E-state index in [1.54, 1.807) is 18.6 Å². The first kappa shape index (κ1) is 18.2. The highest BCUT2D eigenvalue weighted by molar-refractivity contribution is 5.81. The molecule has 7 nitrogen and oxygen atoms in total. The molecule has 0 saturated carbocycles. The van der Waals surface area contributed by atoms with Gasteiger partial charge in [0.1, 0.15) is 11.5 Å². The van der Waals surface area contributed by atoms with Crippen LogP contribution in [0, 0.1) is 6.92 Å². The van der Waals surface area contributed by atoms with E-state index in [2.05, 4.69) is 76.4 Å². The van der Waals surface area contributed by atoms with E-state index in [0.29, 0.717) is 11.5 Å². The number of hydrogen-bond acceptors (Lipinski definition) is 5. The second-order valence-corrected chi connectivity index (χ2v) is 7.63. The lowest BCUT2D eigenvalue weighted by atomic mass is 10.0. The number of imidazole rings is 1. The molecular weight excluding hydrogens is 374 g/mol. The quantitative estimate of drug-likeness (QED) is 0.478. The summed E-state index contributed by atoms with van der Waals surface area (Å²) in [5.74, 6) is 1.87. The maximum atomic E-state index is 4.91. The van der Waals surface area contributed by atoms with Crippen LogP contribution in [0.3, 0.4) is 0 Å². The van der Waals surface area contributed by atoms with E-state index in [-0.39, 0.29) is 5.92 Å². The topological polar surface area (TPSA) is 84.6 Å². The summed E-state index contributed by atoms with van der Waals surface area (Å²) in [7, 11) is 0. The zero-order valence-corrected chi connectivity index (χ0v) is 17.0. The van der Waals surface area contributed by atoms with Gasteiger partial charge in [-0.25, -0.2) is 9.97 Å². The predicted molar refractivity (Wildman–Crippen MR) is 116 cm³/mol. The minimum absolute atomic E-state index is 0.265. The van der Waals surface area contributed by atoms with Crippen molar-refractivity contribution in [2.24, 2.45) is 0 Å². The average molecular weight is 395 g/mol. The summed E-state index contributed by atoms with van der Waals surface area (Å²) in [6.07, 6.45) is 7.09. The van der Waals surface area contributed by atoms with E-state index in [1.807, 2.05) is 16.5 Å². The van der Waals surface area contributed by atoms with Crippen molar-refractivity contribution in [2.45, 2.75) is 26.7 Å². The van der Waals surface area contributed by atoms with Crippen molar-refractivity contribution in [3.05, 3.63) is 72.6 Å². The minimum atomic E-state index is 0.265. The number of nitrogens with zero attached hydrogens (tertiary/aromatic N) is 6. The van der Waals surface area contributed by atoms with E-state index in [9.17, 15) is 0 Å². The number of aryl methyl sites for hydroxylation is 1. The Morgan fingerprint density at radius 3 is 2.67 bits per heavy atom. The first-order valence-electron chi connectivity index (χ1n) is 9.88. The standard InChI is InChI=1S/C23H21N7/c1-14(2)23-29-28-19-8-7-17(13-30(19)23)21-20(16-6-4-5-15(3)11-16)26-22(27-21)18-12-24-9-10-25-18/h4-14H,1-3H3,(H,26,27). The summed E-state index contributed by atoms with van der Waals surface area (Å²) in [5, 5.41) is 8.63. The van der Waals surface area contributed by atoms with Gasteiger partial charge in [-0.05, 0) is 25.1 Å². The van der Waals surface area contributed by atoms with Crippen LogP contribution >= 0.6 is 0 Å². The molecule has 7 heteroatoms. The van der Waals surface area contributed by atoms with Crippen LogP contribution in [0.2, 0.25) is 0 Å². The lowest BCUT2D eigenvalue weighted by Gasteiger charge is -2.07. The molecule has 0 saturated heterocycles. The van der Waals surface area contributed by atoms with Crippen molar-refractivity contribution < 1.29 is 0 Å². The average Bonchev–Trinajstić information content (AvgIpc) is 3.39. The van der Waals surface area contributed by atoms with Crippen LogP contribution < -0.4 is 0 Å². The SMILES string of the molecule is Cc1cccc(-c2[nH]c(-c3cnccn3)nc2-c2ccc3nnc(C(C)C)n3c2)c1. The Morgan fingerprint density at radius 1 is 1.00 bits per heavy atom. The molecule has 0 aliphatic heterocycles. The first-order valence-corrected chi connectivity index (χ1v) is 9.88. The predicted octanol–water partition coefficient (Wildman–Crippen LogP) is 4.68. The molecule has 4 aromatic heterocycles. The van der Waals surface area contributed by atoms with Gasteiger partial charge in [-0.1, -0.05) is 37.6 Å². The van der Waals surface area contributed by atoms with Crippen molar-refractivity contribution in [1.82, 2.24) is 34.5 Å². The largest absolute Gasteiger partial charge is 0.336 e. The Hall–Kier alpha value is -3.87. The number of hydrogen-bond donors (Lipinski definition) is 1. The summed E-state index contributed by atoms with van der Waals surface area (Å²) in [5.41, 5.74) is 6.55. The molecule has 0 unspecified atom stereocenters.